The largest absolute Gasteiger partial charge is 0.383 e. The maximum Gasteiger partial charge on any atom is 0.243 e. The van der Waals surface area contributed by atoms with Gasteiger partial charge in [0.15, 0.2) is 5.16 Å². The number of fused-ring (bicyclic) bond motifs is 3. The zero-order valence-corrected chi connectivity index (χ0v) is 21.0. The minimum Gasteiger partial charge on any atom is -0.383 e. The number of nitrogens with two attached hydrogens (primary N) is 1. The van der Waals surface area contributed by atoms with Crippen molar-refractivity contribution in [2.75, 3.05) is 30.4 Å². The first-order valence-electron chi connectivity index (χ1n) is 11.0. The molecule has 9 heteroatoms. The van der Waals surface area contributed by atoms with Crippen LogP contribution in [0.2, 0.25) is 0 Å². The van der Waals surface area contributed by atoms with Crippen molar-refractivity contribution in [3.05, 3.63) is 39.8 Å². The number of thioether (sulfide) groups is 1. The fourth-order valence-electron chi connectivity index (χ4n) is 4.15. The number of carbonyl (C=O) groups is 2. The standard InChI is InChI=1S/C24H29N5O2S2/c1-13-8-9-16-17(10-13)33-23-20(16)22(25)27-24(28-23)32-12-19(31)29(4)11-18(30)26-21-14(2)6-5-7-15(21)3/h5-7,13H,8-12H2,1-4H3,(H,26,30)(H2,25,27,28)/t13-/m0/s1. The Balaban J connectivity index is 1.37. The third-order valence-electron chi connectivity index (χ3n) is 6.04. The molecule has 0 saturated carbocycles. The molecule has 174 valence electrons. The quantitative estimate of drug-likeness (QED) is 0.402. The number of likely N-dealkylation sites (N-methyl/N-ethyl adjacent to an activating group) is 1. The molecule has 1 aliphatic rings. The first-order valence-corrected chi connectivity index (χ1v) is 12.8. The third kappa shape index (κ3) is 5.14. The topological polar surface area (TPSA) is 101 Å². The van der Waals surface area contributed by atoms with Gasteiger partial charge in [0.05, 0.1) is 17.7 Å². The Morgan fingerprint density at radius 2 is 2.00 bits per heavy atom. The van der Waals surface area contributed by atoms with Gasteiger partial charge in [-0.15, -0.1) is 11.3 Å². The SMILES string of the molecule is Cc1cccc(C)c1NC(=O)CN(C)C(=O)CSc1nc(N)c2c3c(sc2n1)C[C@@H](C)CC3. The molecular formula is C24H29N5O2S2. The number of hydrogen-bond acceptors (Lipinski definition) is 7. The number of aryl methyl sites for hydroxylation is 3. The number of nitrogen functional groups attached to an aromatic ring is 1. The van der Waals surface area contributed by atoms with E-state index in [1.165, 1.54) is 27.1 Å². The number of amides is 2. The van der Waals surface area contributed by atoms with E-state index in [4.69, 9.17) is 5.73 Å². The summed E-state index contributed by atoms with van der Waals surface area (Å²) in [6.45, 7) is 6.14. The number of rotatable bonds is 6. The van der Waals surface area contributed by atoms with Gasteiger partial charge in [0.25, 0.3) is 0 Å². The maximum atomic E-state index is 12.6. The van der Waals surface area contributed by atoms with Crippen molar-refractivity contribution in [3.63, 3.8) is 0 Å². The lowest BCUT2D eigenvalue weighted by Gasteiger charge is -2.18. The van der Waals surface area contributed by atoms with Gasteiger partial charge in [-0.25, -0.2) is 9.97 Å². The van der Waals surface area contributed by atoms with Crippen LogP contribution in [0.1, 0.15) is 34.9 Å². The molecule has 1 aliphatic carbocycles. The van der Waals surface area contributed by atoms with Gasteiger partial charge in [0, 0.05) is 17.6 Å². The molecular weight excluding hydrogens is 454 g/mol. The Labute approximate surface area is 202 Å². The molecule has 1 aromatic carbocycles. The zero-order chi connectivity index (χ0) is 23.7. The van der Waals surface area contributed by atoms with Crippen molar-refractivity contribution < 1.29 is 9.59 Å². The van der Waals surface area contributed by atoms with Crippen molar-refractivity contribution in [2.24, 2.45) is 5.92 Å². The molecule has 3 aromatic rings. The zero-order valence-electron chi connectivity index (χ0n) is 19.4. The predicted molar refractivity (Wildman–Crippen MR) is 136 cm³/mol. The Morgan fingerprint density at radius 3 is 2.73 bits per heavy atom. The molecule has 0 aliphatic heterocycles. The number of nitrogens with one attached hydrogen (secondary N) is 1. The van der Waals surface area contributed by atoms with E-state index < -0.39 is 0 Å². The molecule has 1 atom stereocenters. The Morgan fingerprint density at radius 1 is 1.27 bits per heavy atom. The van der Waals surface area contributed by atoms with E-state index in [1.54, 1.807) is 18.4 Å². The molecule has 0 fully saturated rings. The van der Waals surface area contributed by atoms with Crippen LogP contribution >= 0.6 is 23.1 Å². The Hall–Kier alpha value is -2.65. The molecule has 0 spiro atoms. The number of aromatic nitrogens is 2. The summed E-state index contributed by atoms with van der Waals surface area (Å²) in [7, 11) is 1.63. The fraction of sp³-hybridized carbons (Fsp3) is 0.417. The van der Waals surface area contributed by atoms with Crippen molar-refractivity contribution >= 4 is 56.6 Å². The molecule has 2 amide bonds. The summed E-state index contributed by atoms with van der Waals surface area (Å²) in [6, 6.07) is 5.84. The van der Waals surface area contributed by atoms with Crippen LogP contribution in [0.3, 0.4) is 0 Å². The van der Waals surface area contributed by atoms with Crippen LogP contribution < -0.4 is 11.1 Å². The smallest absolute Gasteiger partial charge is 0.243 e. The van der Waals surface area contributed by atoms with E-state index in [2.05, 4.69) is 22.2 Å². The van der Waals surface area contributed by atoms with Gasteiger partial charge in [0.1, 0.15) is 10.6 Å². The first-order chi connectivity index (χ1) is 15.7. The molecule has 33 heavy (non-hydrogen) atoms. The molecule has 2 aromatic heterocycles. The Bertz CT molecular complexity index is 1200. The molecule has 0 saturated heterocycles. The highest BCUT2D eigenvalue weighted by Crippen LogP contribution is 2.39. The minimum absolute atomic E-state index is 0.0228. The van der Waals surface area contributed by atoms with E-state index in [0.717, 1.165) is 46.3 Å². The van der Waals surface area contributed by atoms with Crippen LogP contribution in [0, 0.1) is 19.8 Å². The Kier molecular flexibility index (Phi) is 6.90. The van der Waals surface area contributed by atoms with E-state index >= 15 is 0 Å². The summed E-state index contributed by atoms with van der Waals surface area (Å²) in [5, 5.41) is 4.39. The van der Waals surface area contributed by atoms with E-state index in [9.17, 15) is 9.59 Å². The number of benzene rings is 1. The molecule has 0 unspecified atom stereocenters. The summed E-state index contributed by atoms with van der Waals surface area (Å²) in [6.07, 6.45) is 3.24. The van der Waals surface area contributed by atoms with Crippen molar-refractivity contribution in [1.29, 1.82) is 0 Å². The van der Waals surface area contributed by atoms with Crippen LogP contribution in [0.25, 0.3) is 10.2 Å². The van der Waals surface area contributed by atoms with Gasteiger partial charge in [0.2, 0.25) is 11.8 Å². The molecule has 0 bridgehead atoms. The summed E-state index contributed by atoms with van der Waals surface area (Å²) in [4.78, 5) is 37.9. The highest BCUT2D eigenvalue weighted by atomic mass is 32.2. The van der Waals surface area contributed by atoms with Crippen LogP contribution in [0.4, 0.5) is 11.5 Å². The van der Waals surface area contributed by atoms with Crippen LogP contribution in [0.15, 0.2) is 23.4 Å². The second kappa shape index (κ2) is 9.69. The predicted octanol–water partition coefficient (Wildman–Crippen LogP) is 4.20. The molecule has 4 rings (SSSR count). The summed E-state index contributed by atoms with van der Waals surface area (Å²) < 4.78 is 0. The monoisotopic (exact) mass is 483 g/mol. The van der Waals surface area contributed by atoms with Gasteiger partial charge in [-0.1, -0.05) is 36.9 Å². The number of nitrogens with zero attached hydrogens (tertiary/aromatic N) is 3. The highest BCUT2D eigenvalue weighted by molar-refractivity contribution is 7.99. The van der Waals surface area contributed by atoms with Crippen molar-refractivity contribution in [1.82, 2.24) is 14.9 Å². The lowest BCUT2D eigenvalue weighted by molar-refractivity contribution is -0.131. The fourth-order valence-corrected chi connectivity index (χ4v) is 6.39. The number of carbonyl (C=O) groups excluding carboxylic acids is 2. The van der Waals surface area contributed by atoms with E-state index in [1.807, 2.05) is 32.0 Å². The summed E-state index contributed by atoms with van der Waals surface area (Å²) >= 11 is 2.94. The van der Waals surface area contributed by atoms with Crippen molar-refractivity contribution in [2.45, 2.75) is 45.2 Å². The highest BCUT2D eigenvalue weighted by Gasteiger charge is 2.23. The van der Waals surface area contributed by atoms with Gasteiger partial charge in [-0.2, -0.15) is 0 Å². The normalized spacial score (nSPS) is 15.3. The number of anilines is 2. The number of thiophene rings is 1. The third-order valence-corrected chi connectivity index (χ3v) is 8.02. The lowest BCUT2D eigenvalue weighted by atomic mass is 9.89. The minimum atomic E-state index is -0.228. The summed E-state index contributed by atoms with van der Waals surface area (Å²) in [5.41, 5.74) is 10.4. The van der Waals surface area contributed by atoms with Crippen molar-refractivity contribution in [3.8, 4) is 0 Å². The van der Waals surface area contributed by atoms with Crippen LogP contribution in [-0.2, 0) is 22.4 Å². The number of hydrogen-bond donors (Lipinski definition) is 2. The summed E-state index contributed by atoms with van der Waals surface area (Å²) in [5.74, 6) is 0.907. The molecule has 2 heterocycles. The van der Waals surface area contributed by atoms with Crippen LogP contribution in [-0.4, -0.2) is 46.0 Å². The second-order valence-electron chi connectivity index (χ2n) is 8.78. The molecule has 3 N–H and O–H groups in total. The second-order valence-corrected chi connectivity index (χ2v) is 10.8. The van der Waals surface area contributed by atoms with Gasteiger partial charge in [-0.05, 0) is 55.7 Å². The van der Waals surface area contributed by atoms with E-state index in [-0.39, 0.29) is 24.1 Å². The maximum absolute atomic E-state index is 12.6. The first kappa shape index (κ1) is 23.5. The van der Waals surface area contributed by atoms with Gasteiger partial charge < -0.3 is 16.0 Å². The molecule has 0 radical (unpaired) electrons. The number of para-hydroxylation sites is 1. The lowest BCUT2D eigenvalue weighted by Crippen LogP contribution is -2.36. The van der Waals surface area contributed by atoms with Gasteiger partial charge in [-0.3, -0.25) is 9.59 Å². The van der Waals surface area contributed by atoms with Crippen LogP contribution in [0.5, 0.6) is 0 Å². The average molecular weight is 484 g/mol. The molecule has 7 nitrogen and oxygen atoms in total. The average Bonchev–Trinajstić information content (AvgIpc) is 3.12. The van der Waals surface area contributed by atoms with Gasteiger partial charge >= 0.3 is 0 Å². The van der Waals surface area contributed by atoms with E-state index in [0.29, 0.717) is 16.9 Å².